The van der Waals surface area contributed by atoms with E-state index in [2.05, 4.69) is 48.0 Å². The van der Waals surface area contributed by atoms with Crippen LogP contribution in [0.2, 0.25) is 0 Å². The van der Waals surface area contributed by atoms with Gasteiger partial charge in [-0.3, -0.25) is 0 Å². The average Bonchev–Trinajstić information content (AvgIpc) is 3.00. The van der Waals surface area contributed by atoms with Crippen molar-refractivity contribution >= 4 is 21.7 Å². The van der Waals surface area contributed by atoms with Gasteiger partial charge in [0.25, 0.3) is 0 Å². The molecule has 1 heterocycles. The third-order valence-corrected chi connectivity index (χ3v) is 4.28. The molecule has 0 radical (unpaired) electrons. The van der Waals surface area contributed by atoms with Crippen LogP contribution in [0.25, 0.3) is 27.4 Å². The number of aromatic nitrogens is 2. The summed E-state index contributed by atoms with van der Waals surface area (Å²) in [6, 6.07) is 20.7. The van der Waals surface area contributed by atoms with Crippen molar-refractivity contribution in [2.75, 3.05) is 7.11 Å². The van der Waals surface area contributed by atoms with Crippen LogP contribution in [0.4, 0.5) is 0 Å². The van der Waals surface area contributed by atoms with E-state index in [9.17, 15) is 0 Å². The lowest BCUT2D eigenvalue weighted by molar-refractivity contribution is 0.420. The molecular weight excluding hydrogens is 284 g/mol. The second-order valence-electron chi connectivity index (χ2n) is 5.57. The van der Waals surface area contributed by atoms with Gasteiger partial charge in [0.1, 0.15) is 5.75 Å². The topological polar surface area (TPSA) is 27.1 Å². The quantitative estimate of drug-likeness (QED) is 0.546. The Labute approximate surface area is 135 Å². The molecule has 0 amide bonds. The Kier molecular flexibility index (Phi) is 3.27. The Bertz CT molecular complexity index is 987. The van der Waals surface area contributed by atoms with Gasteiger partial charge in [0.15, 0.2) is 0 Å². The highest BCUT2D eigenvalue weighted by Crippen LogP contribution is 2.36. The van der Waals surface area contributed by atoms with Gasteiger partial charge >= 0.3 is 0 Å². The SMILES string of the molecule is CCc1nn(-c2ccccc2)c2c1cc(OC)c1ccccc12. The van der Waals surface area contributed by atoms with Crippen molar-refractivity contribution in [2.24, 2.45) is 0 Å². The number of para-hydroxylation sites is 1. The molecule has 23 heavy (non-hydrogen) atoms. The van der Waals surface area contributed by atoms with Gasteiger partial charge in [0.05, 0.1) is 24.0 Å². The minimum absolute atomic E-state index is 0.887. The van der Waals surface area contributed by atoms with Crippen LogP contribution in [0.5, 0.6) is 5.75 Å². The van der Waals surface area contributed by atoms with E-state index in [0.29, 0.717) is 0 Å². The van der Waals surface area contributed by atoms with Crippen LogP contribution in [-0.2, 0) is 6.42 Å². The number of benzene rings is 3. The van der Waals surface area contributed by atoms with Gasteiger partial charge in [0.2, 0.25) is 0 Å². The molecule has 0 spiro atoms. The second-order valence-corrected chi connectivity index (χ2v) is 5.57. The minimum Gasteiger partial charge on any atom is -0.496 e. The maximum atomic E-state index is 5.61. The lowest BCUT2D eigenvalue weighted by Gasteiger charge is -2.09. The van der Waals surface area contributed by atoms with E-state index in [1.807, 2.05) is 24.3 Å². The summed E-state index contributed by atoms with van der Waals surface area (Å²) in [5.41, 5.74) is 3.31. The summed E-state index contributed by atoms with van der Waals surface area (Å²) in [5, 5.41) is 8.30. The number of rotatable bonds is 3. The number of methoxy groups -OCH3 is 1. The van der Waals surface area contributed by atoms with Crippen molar-refractivity contribution < 1.29 is 4.74 Å². The van der Waals surface area contributed by atoms with Gasteiger partial charge in [-0.15, -0.1) is 0 Å². The zero-order valence-corrected chi connectivity index (χ0v) is 13.3. The molecule has 3 aromatic carbocycles. The van der Waals surface area contributed by atoms with Crippen molar-refractivity contribution in [3.63, 3.8) is 0 Å². The van der Waals surface area contributed by atoms with Gasteiger partial charge in [-0.05, 0) is 24.6 Å². The van der Waals surface area contributed by atoms with Gasteiger partial charge in [-0.1, -0.05) is 49.4 Å². The molecule has 0 atom stereocenters. The van der Waals surface area contributed by atoms with Gasteiger partial charge in [-0.25, -0.2) is 4.68 Å². The molecule has 0 bridgehead atoms. The van der Waals surface area contributed by atoms with Crippen LogP contribution >= 0.6 is 0 Å². The highest BCUT2D eigenvalue weighted by molar-refractivity contribution is 6.10. The molecule has 0 aliphatic carbocycles. The van der Waals surface area contributed by atoms with Crippen molar-refractivity contribution in [1.82, 2.24) is 9.78 Å². The predicted octanol–water partition coefficient (Wildman–Crippen LogP) is 4.75. The molecule has 0 saturated carbocycles. The fourth-order valence-corrected chi connectivity index (χ4v) is 3.19. The molecule has 0 unspecified atom stereocenters. The molecular formula is C20H18N2O. The average molecular weight is 302 g/mol. The highest BCUT2D eigenvalue weighted by atomic mass is 16.5. The molecule has 0 aliphatic rings. The van der Waals surface area contributed by atoms with Gasteiger partial charge in [0, 0.05) is 16.2 Å². The van der Waals surface area contributed by atoms with E-state index >= 15 is 0 Å². The Balaban J connectivity index is 2.19. The Morgan fingerprint density at radius 1 is 0.913 bits per heavy atom. The Morgan fingerprint density at radius 3 is 2.30 bits per heavy atom. The van der Waals surface area contributed by atoms with Crippen molar-refractivity contribution in [2.45, 2.75) is 13.3 Å². The maximum Gasteiger partial charge on any atom is 0.127 e. The lowest BCUT2D eigenvalue weighted by atomic mass is 10.0. The normalized spacial score (nSPS) is 11.2. The summed E-state index contributed by atoms with van der Waals surface area (Å²) in [5.74, 6) is 0.899. The molecule has 0 aliphatic heterocycles. The molecule has 1 aromatic heterocycles. The summed E-state index contributed by atoms with van der Waals surface area (Å²) in [7, 11) is 1.72. The fraction of sp³-hybridized carbons (Fsp3) is 0.150. The molecule has 0 fully saturated rings. The summed E-state index contributed by atoms with van der Waals surface area (Å²) < 4.78 is 7.66. The predicted molar refractivity (Wildman–Crippen MR) is 94.5 cm³/mol. The number of hydrogen-bond donors (Lipinski definition) is 0. The summed E-state index contributed by atoms with van der Waals surface area (Å²) in [4.78, 5) is 0. The lowest BCUT2D eigenvalue weighted by Crippen LogP contribution is -1.97. The Morgan fingerprint density at radius 2 is 1.61 bits per heavy atom. The largest absolute Gasteiger partial charge is 0.496 e. The molecule has 4 aromatic rings. The summed E-state index contributed by atoms with van der Waals surface area (Å²) in [6.07, 6.45) is 0.887. The van der Waals surface area contributed by atoms with E-state index in [1.165, 1.54) is 0 Å². The van der Waals surface area contributed by atoms with Crippen LogP contribution in [0, 0.1) is 0 Å². The zero-order chi connectivity index (χ0) is 15.8. The van der Waals surface area contributed by atoms with Crippen LogP contribution in [-0.4, -0.2) is 16.9 Å². The standard InChI is InChI=1S/C20H18N2O/c1-3-18-17-13-19(23-2)15-11-7-8-12-16(15)20(17)22(21-18)14-9-5-4-6-10-14/h4-13H,3H2,1-2H3. The monoisotopic (exact) mass is 302 g/mol. The van der Waals surface area contributed by atoms with E-state index in [-0.39, 0.29) is 0 Å². The molecule has 0 N–H and O–H groups in total. The third-order valence-electron chi connectivity index (χ3n) is 4.28. The first-order chi connectivity index (χ1) is 11.3. The Hall–Kier alpha value is -2.81. The maximum absolute atomic E-state index is 5.61. The molecule has 114 valence electrons. The van der Waals surface area contributed by atoms with Crippen LogP contribution < -0.4 is 4.74 Å². The molecule has 3 heteroatoms. The minimum atomic E-state index is 0.887. The van der Waals surface area contributed by atoms with Crippen molar-refractivity contribution in [3.05, 3.63) is 66.4 Å². The van der Waals surface area contributed by atoms with E-state index in [1.54, 1.807) is 7.11 Å². The van der Waals surface area contributed by atoms with Crippen LogP contribution in [0.1, 0.15) is 12.6 Å². The van der Waals surface area contributed by atoms with Gasteiger partial charge in [-0.2, -0.15) is 5.10 Å². The van der Waals surface area contributed by atoms with Crippen molar-refractivity contribution in [3.8, 4) is 11.4 Å². The second kappa shape index (κ2) is 5.43. The first kappa shape index (κ1) is 13.8. The summed E-state index contributed by atoms with van der Waals surface area (Å²) >= 11 is 0. The third kappa shape index (κ3) is 2.08. The zero-order valence-electron chi connectivity index (χ0n) is 13.3. The first-order valence-corrected chi connectivity index (χ1v) is 7.86. The molecule has 0 saturated heterocycles. The number of nitrogens with zero attached hydrogens (tertiary/aromatic N) is 2. The number of ether oxygens (including phenoxy) is 1. The molecule has 4 rings (SSSR count). The smallest absolute Gasteiger partial charge is 0.127 e. The van der Waals surface area contributed by atoms with Crippen molar-refractivity contribution in [1.29, 1.82) is 0 Å². The van der Waals surface area contributed by atoms with E-state index < -0.39 is 0 Å². The van der Waals surface area contributed by atoms with Crippen LogP contribution in [0.3, 0.4) is 0 Å². The number of fused-ring (bicyclic) bond motifs is 3. The number of hydrogen-bond acceptors (Lipinski definition) is 2. The first-order valence-electron chi connectivity index (χ1n) is 7.86. The van der Waals surface area contributed by atoms with Crippen LogP contribution in [0.15, 0.2) is 60.7 Å². The van der Waals surface area contributed by atoms with E-state index in [4.69, 9.17) is 9.84 Å². The number of aryl methyl sites for hydroxylation is 1. The summed E-state index contributed by atoms with van der Waals surface area (Å²) in [6.45, 7) is 2.14. The fourth-order valence-electron chi connectivity index (χ4n) is 3.19. The highest BCUT2D eigenvalue weighted by Gasteiger charge is 2.16. The van der Waals surface area contributed by atoms with Gasteiger partial charge < -0.3 is 4.74 Å². The molecule has 3 nitrogen and oxygen atoms in total. The van der Waals surface area contributed by atoms with E-state index in [0.717, 1.165) is 45.2 Å².